The van der Waals surface area contributed by atoms with E-state index in [0.717, 1.165) is 0 Å². The van der Waals surface area contributed by atoms with Crippen molar-refractivity contribution in [2.45, 2.75) is 0 Å². The van der Waals surface area contributed by atoms with E-state index in [9.17, 15) is 0 Å². The van der Waals surface area contributed by atoms with E-state index in [1.54, 1.807) is 0 Å². The first-order valence-corrected chi connectivity index (χ1v) is 13.2. The first-order chi connectivity index (χ1) is 4.93. The van der Waals surface area contributed by atoms with Crippen molar-refractivity contribution in [1.82, 2.24) is 0 Å². The zero-order valence-corrected chi connectivity index (χ0v) is 11.9. The van der Waals surface area contributed by atoms with Gasteiger partial charge in [-0.1, -0.05) is 0 Å². The van der Waals surface area contributed by atoms with Gasteiger partial charge in [0.05, 0.1) is 0 Å². The van der Waals surface area contributed by atoms with Crippen LogP contribution in [-0.4, -0.2) is 0 Å². The summed E-state index contributed by atoms with van der Waals surface area (Å²) in [5, 5.41) is 0. The topological polar surface area (TPSA) is 0 Å². The second kappa shape index (κ2) is 4.92. The van der Waals surface area contributed by atoms with E-state index in [4.69, 9.17) is 8.25 Å². The van der Waals surface area contributed by atoms with Gasteiger partial charge < -0.3 is 0 Å². The Balaban J connectivity index is 2.67. The summed E-state index contributed by atoms with van der Waals surface area (Å²) in [6.07, 6.45) is 2.11. The summed E-state index contributed by atoms with van der Waals surface area (Å²) in [5.74, 6) is 0. The van der Waals surface area contributed by atoms with Gasteiger partial charge >= 0.3 is 77.1 Å². The van der Waals surface area contributed by atoms with Gasteiger partial charge in [-0.25, -0.2) is 0 Å². The molecule has 1 aromatic carbocycles. The summed E-state index contributed by atoms with van der Waals surface area (Å²) in [7, 11) is 5.69. The normalized spacial score (nSPS) is 9.70. The molecule has 0 aliphatic heterocycles. The Hall–Kier alpha value is 0.185. The van der Waals surface area contributed by atoms with Crippen LogP contribution in [0.2, 0.25) is 0 Å². The van der Waals surface area contributed by atoms with Crippen molar-refractivity contribution in [3.05, 3.63) is 39.5 Å². The quantitative estimate of drug-likeness (QED) is 0.727. The fourth-order valence-corrected chi connectivity index (χ4v) is 2.93. The van der Waals surface area contributed by atoms with Crippen LogP contribution in [0.5, 0.6) is 0 Å². The van der Waals surface area contributed by atoms with Crippen LogP contribution in [0.25, 0.3) is 6.08 Å². The molecule has 0 nitrogen and oxygen atoms in total. The molecular weight excluding hydrogens is 332 g/mol. The van der Waals surface area contributed by atoms with Crippen molar-refractivity contribution in [3.8, 4) is 0 Å². The summed E-state index contributed by atoms with van der Waals surface area (Å²) in [5.41, 5.74) is 1.25. The maximum absolute atomic E-state index is 5.69. The number of benzene rings is 1. The molecule has 0 unspecified atom stereocenters. The predicted molar refractivity (Wildman–Crippen MR) is 41.3 cm³/mol. The molecule has 0 aromatic heterocycles. The van der Waals surface area contributed by atoms with Crippen LogP contribution in [0.15, 0.2) is 33.9 Å². The molecule has 48 valence electrons. The Morgan fingerprint density at radius 3 is 2.50 bits per heavy atom. The van der Waals surface area contributed by atoms with Gasteiger partial charge in [-0.15, -0.1) is 0 Å². The first kappa shape index (κ1) is 8.28. The molecule has 1 rings (SSSR count). The molecule has 2 heteroatoms. The van der Waals surface area contributed by atoms with Crippen LogP contribution in [0.3, 0.4) is 0 Å². The SMILES string of the molecule is [Cl][Hg]/[CH]=C/c1ccccc1. The van der Waals surface area contributed by atoms with Crippen LogP contribution in [-0.2, 0) is 23.3 Å². The van der Waals surface area contributed by atoms with Crippen LogP contribution >= 0.6 is 8.25 Å². The van der Waals surface area contributed by atoms with E-state index in [-0.39, 0.29) is 0 Å². The van der Waals surface area contributed by atoms with Gasteiger partial charge in [0.25, 0.3) is 0 Å². The molecule has 0 heterocycles. The van der Waals surface area contributed by atoms with Gasteiger partial charge in [0.15, 0.2) is 0 Å². The number of hydrogen-bond donors (Lipinski definition) is 0. The molecule has 0 saturated carbocycles. The first-order valence-electron chi connectivity index (χ1n) is 3.21. The second-order valence-corrected chi connectivity index (χ2v) is 7.71. The molecule has 10 heavy (non-hydrogen) atoms. The molecule has 0 aliphatic carbocycles. The fourth-order valence-electron chi connectivity index (χ4n) is 0.745. The third kappa shape index (κ3) is 2.85. The Labute approximate surface area is 76.8 Å². The summed E-state index contributed by atoms with van der Waals surface area (Å²) in [4.78, 5) is 0. The second-order valence-electron chi connectivity index (χ2n) is 1.97. The molecule has 0 N–H and O–H groups in total. The number of rotatable bonds is 2. The zero-order chi connectivity index (χ0) is 7.23. The summed E-state index contributed by atoms with van der Waals surface area (Å²) >= 11 is -1.05. The summed E-state index contributed by atoms with van der Waals surface area (Å²) in [6.45, 7) is 0. The summed E-state index contributed by atoms with van der Waals surface area (Å²) < 4.78 is 2.15. The van der Waals surface area contributed by atoms with Gasteiger partial charge in [0, 0.05) is 0 Å². The van der Waals surface area contributed by atoms with Gasteiger partial charge in [0.1, 0.15) is 0 Å². The van der Waals surface area contributed by atoms with Crippen molar-refractivity contribution in [3.63, 3.8) is 0 Å². The van der Waals surface area contributed by atoms with Gasteiger partial charge in [0.2, 0.25) is 0 Å². The molecule has 0 atom stereocenters. The van der Waals surface area contributed by atoms with Crippen molar-refractivity contribution in [2.75, 3.05) is 0 Å². The Bertz CT molecular complexity index is 206. The molecule has 0 amide bonds. The van der Waals surface area contributed by atoms with E-state index < -0.39 is 23.3 Å². The van der Waals surface area contributed by atoms with Crippen LogP contribution < -0.4 is 0 Å². The van der Waals surface area contributed by atoms with E-state index in [1.165, 1.54) is 5.56 Å². The summed E-state index contributed by atoms with van der Waals surface area (Å²) in [6, 6.07) is 10.2. The van der Waals surface area contributed by atoms with Gasteiger partial charge in [-0.2, -0.15) is 0 Å². The molecule has 0 bridgehead atoms. The van der Waals surface area contributed by atoms with E-state index in [0.29, 0.717) is 0 Å². The third-order valence-corrected chi connectivity index (χ3v) is 4.37. The average molecular weight is 339 g/mol. The van der Waals surface area contributed by atoms with E-state index >= 15 is 0 Å². The van der Waals surface area contributed by atoms with Crippen LogP contribution in [0.1, 0.15) is 5.56 Å². The number of halogens is 1. The van der Waals surface area contributed by atoms with E-state index in [2.05, 4.69) is 21.8 Å². The van der Waals surface area contributed by atoms with Crippen LogP contribution in [0.4, 0.5) is 0 Å². The fraction of sp³-hybridized carbons (Fsp3) is 0. The standard InChI is InChI=1S/C8H7.ClH.Hg/c1-2-8-6-4-3-5-7-8;;/h1-7H;1H;/q;;+1/p-1. The third-order valence-electron chi connectivity index (χ3n) is 1.20. The Kier molecular flexibility index (Phi) is 4.07. The van der Waals surface area contributed by atoms with Gasteiger partial charge in [-0.3, -0.25) is 0 Å². The van der Waals surface area contributed by atoms with Crippen molar-refractivity contribution >= 4 is 14.3 Å². The maximum atomic E-state index is 5.69. The van der Waals surface area contributed by atoms with Crippen molar-refractivity contribution in [2.24, 2.45) is 0 Å². The predicted octanol–water partition coefficient (Wildman–Crippen LogP) is 2.89. The Morgan fingerprint density at radius 1 is 1.20 bits per heavy atom. The van der Waals surface area contributed by atoms with Crippen molar-refractivity contribution in [1.29, 1.82) is 0 Å². The van der Waals surface area contributed by atoms with Gasteiger partial charge in [-0.05, 0) is 0 Å². The van der Waals surface area contributed by atoms with E-state index in [1.807, 2.05) is 18.2 Å². The molecule has 0 saturated heterocycles. The average Bonchev–Trinajstić information content (AvgIpc) is 2.03. The molecule has 0 aliphatic rings. The monoisotopic (exact) mass is 340 g/mol. The van der Waals surface area contributed by atoms with Crippen molar-refractivity contribution < 1.29 is 23.3 Å². The molecule has 0 fully saturated rings. The Morgan fingerprint density at radius 2 is 1.90 bits per heavy atom. The molecule has 1 aromatic rings. The molecule has 0 radical (unpaired) electrons. The van der Waals surface area contributed by atoms with Crippen LogP contribution in [0, 0.1) is 0 Å². The molecular formula is C8H7ClHg. The minimum absolute atomic E-state index is 1.05. The zero-order valence-electron chi connectivity index (χ0n) is 5.63. The number of hydrogen-bond acceptors (Lipinski definition) is 0. The molecule has 0 spiro atoms. The minimum atomic E-state index is -1.05.